The van der Waals surface area contributed by atoms with E-state index in [4.69, 9.17) is 19.4 Å². The maximum Gasteiger partial charge on any atom is 0.279 e. The van der Waals surface area contributed by atoms with E-state index in [2.05, 4.69) is 27.9 Å². The van der Waals surface area contributed by atoms with E-state index in [-0.39, 0.29) is 0 Å². The van der Waals surface area contributed by atoms with Gasteiger partial charge in [0.05, 0.1) is 11.0 Å². The zero-order valence-electron chi connectivity index (χ0n) is 17.9. The van der Waals surface area contributed by atoms with E-state index in [1.165, 1.54) is 11.1 Å². The Morgan fingerprint density at radius 2 is 1.44 bits per heavy atom. The van der Waals surface area contributed by atoms with Crippen molar-refractivity contribution in [3.05, 3.63) is 93.5 Å². The summed E-state index contributed by atoms with van der Waals surface area (Å²) in [5.74, 6) is 0.845. The first-order valence-corrected chi connectivity index (χ1v) is 11.5. The van der Waals surface area contributed by atoms with Gasteiger partial charge in [0.25, 0.3) is 11.8 Å². The molecule has 0 amide bonds. The van der Waals surface area contributed by atoms with E-state index >= 15 is 0 Å². The molecule has 0 spiro atoms. The van der Waals surface area contributed by atoms with Crippen molar-refractivity contribution in [2.45, 2.75) is 26.2 Å². The minimum Gasteiger partial charge on any atom is -0.469 e. The molecule has 32 heavy (non-hydrogen) atoms. The molecule has 0 saturated heterocycles. The molecule has 162 valence electrons. The third kappa shape index (κ3) is 4.47. The third-order valence-corrected chi connectivity index (χ3v) is 6.38. The standard InChI is InChI=1S/C26H24BrN3O2/c1-30-13-12-20-21(15-30)22(27)14-23-24(20)29-26(32-17-19-10-6-3-7-11-19)25(28-23)31-16-18-8-4-2-5-9-18/h2-11,14H,12-13,15-17H2,1H3. The molecule has 3 aromatic carbocycles. The van der Waals surface area contributed by atoms with Crippen LogP contribution in [0.4, 0.5) is 0 Å². The SMILES string of the molecule is CN1CCc2c(c(Br)cc3nc(OCc4ccccc4)c(OCc4ccccc4)nc23)C1. The quantitative estimate of drug-likeness (QED) is 0.355. The molecule has 0 atom stereocenters. The molecule has 2 heterocycles. The van der Waals surface area contributed by atoms with Crippen molar-refractivity contribution in [3.63, 3.8) is 0 Å². The molecule has 0 unspecified atom stereocenters. The molecule has 0 N–H and O–H groups in total. The van der Waals surface area contributed by atoms with Crippen molar-refractivity contribution >= 4 is 27.0 Å². The number of likely N-dealkylation sites (N-methyl/N-ethyl adjacent to an activating group) is 1. The Labute approximate surface area is 196 Å². The fourth-order valence-corrected chi connectivity index (χ4v) is 4.55. The molecule has 1 aliphatic heterocycles. The van der Waals surface area contributed by atoms with E-state index in [0.717, 1.165) is 46.1 Å². The van der Waals surface area contributed by atoms with E-state index in [1.54, 1.807) is 0 Å². The van der Waals surface area contributed by atoms with Crippen molar-refractivity contribution in [3.8, 4) is 11.8 Å². The Hall–Kier alpha value is -2.96. The topological polar surface area (TPSA) is 47.5 Å². The smallest absolute Gasteiger partial charge is 0.279 e. The van der Waals surface area contributed by atoms with Gasteiger partial charge in [-0.25, -0.2) is 9.97 Å². The van der Waals surface area contributed by atoms with Crippen molar-refractivity contribution in [1.29, 1.82) is 0 Å². The first kappa shape index (κ1) is 20.9. The van der Waals surface area contributed by atoms with Gasteiger partial charge in [-0.05, 0) is 41.8 Å². The molecule has 0 bridgehead atoms. The Bertz CT molecular complexity index is 1230. The first-order chi connectivity index (χ1) is 15.7. The number of halogens is 1. The molecule has 0 saturated carbocycles. The fraction of sp³-hybridized carbons (Fsp3) is 0.231. The zero-order valence-corrected chi connectivity index (χ0v) is 19.5. The predicted octanol–water partition coefficient (Wildman–Crippen LogP) is 5.54. The maximum atomic E-state index is 6.14. The molecule has 6 heteroatoms. The Morgan fingerprint density at radius 3 is 2.06 bits per heavy atom. The Balaban J connectivity index is 1.53. The van der Waals surface area contributed by atoms with Gasteiger partial charge in [-0.15, -0.1) is 0 Å². The van der Waals surface area contributed by atoms with Gasteiger partial charge in [0.1, 0.15) is 13.2 Å². The molecule has 1 aliphatic rings. The summed E-state index contributed by atoms with van der Waals surface area (Å²) < 4.78 is 13.3. The van der Waals surface area contributed by atoms with Gasteiger partial charge in [0.15, 0.2) is 0 Å². The highest BCUT2D eigenvalue weighted by Gasteiger charge is 2.22. The second kappa shape index (κ2) is 9.27. The minimum absolute atomic E-state index is 0.402. The number of hydrogen-bond donors (Lipinski definition) is 0. The highest BCUT2D eigenvalue weighted by atomic mass is 79.9. The molecule has 4 aromatic rings. The fourth-order valence-electron chi connectivity index (χ4n) is 3.97. The van der Waals surface area contributed by atoms with Crippen LogP contribution < -0.4 is 9.47 Å². The van der Waals surface area contributed by atoms with Crippen LogP contribution in [0.5, 0.6) is 11.8 Å². The number of benzene rings is 3. The van der Waals surface area contributed by atoms with Crippen LogP contribution in [-0.2, 0) is 26.2 Å². The largest absolute Gasteiger partial charge is 0.469 e. The predicted molar refractivity (Wildman–Crippen MR) is 129 cm³/mol. The monoisotopic (exact) mass is 489 g/mol. The number of aromatic nitrogens is 2. The van der Waals surface area contributed by atoms with Crippen LogP contribution in [0.1, 0.15) is 22.3 Å². The lowest BCUT2D eigenvalue weighted by Crippen LogP contribution is -2.27. The first-order valence-electron chi connectivity index (χ1n) is 10.7. The molecule has 5 rings (SSSR count). The van der Waals surface area contributed by atoms with E-state index < -0.39 is 0 Å². The summed E-state index contributed by atoms with van der Waals surface area (Å²) in [5, 5.41) is 0. The van der Waals surface area contributed by atoms with Crippen LogP contribution in [0, 0.1) is 0 Å². The van der Waals surface area contributed by atoms with Crippen molar-refractivity contribution in [2.24, 2.45) is 0 Å². The lowest BCUT2D eigenvalue weighted by molar-refractivity contribution is 0.240. The van der Waals surface area contributed by atoms with Crippen molar-refractivity contribution < 1.29 is 9.47 Å². The normalized spacial score (nSPS) is 13.7. The lowest BCUT2D eigenvalue weighted by Gasteiger charge is -2.27. The summed E-state index contributed by atoms with van der Waals surface area (Å²) >= 11 is 3.74. The molecular formula is C26H24BrN3O2. The van der Waals surface area contributed by atoms with Crippen LogP contribution in [-0.4, -0.2) is 28.5 Å². The van der Waals surface area contributed by atoms with Crippen LogP contribution in [0.25, 0.3) is 11.0 Å². The molecule has 1 aromatic heterocycles. The van der Waals surface area contributed by atoms with Crippen molar-refractivity contribution in [1.82, 2.24) is 14.9 Å². The van der Waals surface area contributed by atoms with Gasteiger partial charge in [0.2, 0.25) is 0 Å². The van der Waals surface area contributed by atoms with Crippen LogP contribution in [0.15, 0.2) is 71.2 Å². The average molecular weight is 490 g/mol. The minimum atomic E-state index is 0.402. The van der Waals surface area contributed by atoms with Gasteiger partial charge in [-0.2, -0.15) is 0 Å². The molecular weight excluding hydrogens is 466 g/mol. The zero-order chi connectivity index (χ0) is 21.9. The van der Waals surface area contributed by atoms with Gasteiger partial charge >= 0.3 is 0 Å². The number of ether oxygens (including phenoxy) is 2. The third-order valence-electron chi connectivity index (χ3n) is 5.67. The molecule has 0 aliphatic carbocycles. The van der Waals surface area contributed by atoms with Gasteiger partial charge in [0, 0.05) is 17.6 Å². The maximum absolute atomic E-state index is 6.14. The number of nitrogens with zero attached hydrogens (tertiary/aromatic N) is 3. The lowest BCUT2D eigenvalue weighted by atomic mass is 9.98. The van der Waals surface area contributed by atoms with E-state index in [9.17, 15) is 0 Å². The molecule has 0 radical (unpaired) electrons. The second-order valence-electron chi connectivity index (χ2n) is 8.05. The highest BCUT2D eigenvalue weighted by Crippen LogP contribution is 2.35. The van der Waals surface area contributed by atoms with Crippen LogP contribution in [0.3, 0.4) is 0 Å². The van der Waals surface area contributed by atoms with Gasteiger partial charge < -0.3 is 14.4 Å². The molecule has 0 fully saturated rings. The summed E-state index contributed by atoms with van der Waals surface area (Å²) in [7, 11) is 2.14. The summed E-state index contributed by atoms with van der Waals surface area (Å²) in [4.78, 5) is 12.1. The highest BCUT2D eigenvalue weighted by molar-refractivity contribution is 9.10. The van der Waals surface area contributed by atoms with Gasteiger partial charge in [-0.1, -0.05) is 76.6 Å². The van der Waals surface area contributed by atoms with E-state index in [0.29, 0.717) is 25.0 Å². The van der Waals surface area contributed by atoms with E-state index in [1.807, 2.05) is 66.7 Å². The Morgan fingerprint density at radius 1 is 0.844 bits per heavy atom. The average Bonchev–Trinajstić information content (AvgIpc) is 2.83. The molecule has 5 nitrogen and oxygen atoms in total. The van der Waals surface area contributed by atoms with Crippen LogP contribution >= 0.6 is 15.9 Å². The Kier molecular flexibility index (Phi) is 6.06. The number of hydrogen-bond acceptors (Lipinski definition) is 5. The van der Waals surface area contributed by atoms with Gasteiger partial charge in [-0.3, -0.25) is 0 Å². The summed E-state index contributed by atoms with van der Waals surface area (Å²) in [5.41, 5.74) is 6.36. The number of fused-ring (bicyclic) bond motifs is 3. The summed E-state index contributed by atoms with van der Waals surface area (Å²) in [6.07, 6.45) is 0.929. The summed E-state index contributed by atoms with van der Waals surface area (Å²) in [6.45, 7) is 2.69. The second-order valence-corrected chi connectivity index (χ2v) is 8.91. The number of rotatable bonds is 6. The summed E-state index contributed by atoms with van der Waals surface area (Å²) in [6, 6.07) is 22.2. The van der Waals surface area contributed by atoms with Crippen molar-refractivity contribution in [2.75, 3.05) is 13.6 Å². The van der Waals surface area contributed by atoms with Crippen LogP contribution in [0.2, 0.25) is 0 Å².